The number of carbonyl (C=O) groups is 14. The number of amides is 12. The second-order valence-electron chi connectivity index (χ2n) is 29.7. The highest BCUT2D eigenvalue weighted by Crippen LogP contribution is 2.23. The Balaban J connectivity index is 1.58. The van der Waals surface area contributed by atoms with Crippen molar-refractivity contribution in [3.63, 3.8) is 0 Å². The molecule has 1 aliphatic rings. The number of aromatic hydroxyl groups is 1. The van der Waals surface area contributed by atoms with Crippen molar-refractivity contribution in [2.75, 3.05) is 0 Å². The predicted octanol–water partition coefficient (Wildman–Crippen LogP) is 1.88. The summed E-state index contributed by atoms with van der Waals surface area (Å²) in [6, 6.07) is 6.97. The number of aliphatic hydroxyl groups is 1. The molecule has 109 heavy (non-hydrogen) atoms. The van der Waals surface area contributed by atoms with E-state index in [-0.39, 0.29) is 62.5 Å². The predicted molar refractivity (Wildman–Crippen MR) is 408 cm³/mol. The molecule has 3 aromatic carbocycles. The lowest BCUT2D eigenvalue weighted by Gasteiger charge is -2.33. The van der Waals surface area contributed by atoms with Crippen LogP contribution in [0.15, 0.2) is 97.2 Å². The molecule has 19 N–H and O–H groups in total. The molecular formula is C78H113N15O16. The number of nitrogens with one attached hydrogen (secondary N) is 13. The zero-order valence-electron chi connectivity index (χ0n) is 64.3. The first-order valence-electron chi connectivity index (χ1n) is 37.3. The van der Waals surface area contributed by atoms with Crippen LogP contribution in [0.3, 0.4) is 0 Å². The Bertz CT molecular complexity index is 3850. The number of primary amides is 2. The standard InChI is InChI=1S/C78H113N15O16/c1-44(2)38-58-66(99)65(98)57(34-35-63(79)97)86-68(101)47(6)82-70(103)62(42-53-43-81-56-29-23-22-28-55(53)56)88-71(104)60(41-52-30-32-54(96)33-31-52)87-69(102)48(7)84-75(108)77(10,36-24-17-15-13-12-14-16-18-25-37-78(11,93-92-58)76(109)83-46(5)67(80)100)91-73(106)61(40-51-26-20-19-21-27-51)89-74(107)64(49(8)94)90-72(105)59(39-45(3)4)85-50(9)95/h14,16,19-23,26-33,43-49,57-62,64,81,92-94,96H,12-13,15,17-18,24-25,34-42H2,1-11H3,(H2,79,97)(H2,80,100)(H,82,103)(H,83,109)(H,84,108)(H,85,95)(H,86,101)(H,87,102)(H,88,104)(H,89,107)(H,90,105)(H,91,106)/b16-14+/t46?,47?,48?,49-,57+,58+,59+,60+,61+,62+,64+,77-,78+/m1/s1. The van der Waals surface area contributed by atoms with Crippen LogP contribution in [0.2, 0.25) is 0 Å². The average molecular weight is 1520 g/mol. The summed E-state index contributed by atoms with van der Waals surface area (Å²) in [5.74, 6) is -12.7. The fourth-order valence-electron chi connectivity index (χ4n) is 12.4. The molecule has 0 bridgehead atoms. The van der Waals surface area contributed by atoms with Crippen molar-refractivity contribution in [2.24, 2.45) is 23.3 Å². The number of allylic oxidation sites excluding steroid dienone is 2. The molecule has 0 radical (unpaired) electrons. The largest absolute Gasteiger partial charge is 0.508 e. The molecule has 4 aromatic rings. The van der Waals surface area contributed by atoms with Gasteiger partial charge in [0.15, 0.2) is 0 Å². The highest BCUT2D eigenvalue weighted by molar-refractivity contribution is 6.41. The van der Waals surface area contributed by atoms with E-state index in [1.54, 1.807) is 74.6 Å². The lowest BCUT2D eigenvalue weighted by molar-refractivity contribution is -0.141. The van der Waals surface area contributed by atoms with Gasteiger partial charge in [-0.3, -0.25) is 67.1 Å². The van der Waals surface area contributed by atoms with Gasteiger partial charge in [0.2, 0.25) is 82.5 Å². The number of nitrogens with two attached hydrogens (primary N) is 2. The molecular weight excluding hydrogens is 1400 g/mol. The van der Waals surface area contributed by atoms with Crippen LogP contribution in [0.25, 0.3) is 10.9 Å². The number of H-pyrrole nitrogens is 1. The number of hydrogen-bond acceptors (Lipinski definition) is 18. The van der Waals surface area contributed by atoms with Crippen LogP contribution >= 0.6 is 0 Å². The van der Waals surface area contributed by atoms with E-state index in [9.17, 15) is 63.0 Å². The van der Waals surface area contributed by atoms with Gasteiger partial charge in [0.05, 0.1) is 18.2 Å². The van der Waals surface area contributed by atoms with Gasteiger partial charge in [0.1, 0.15) is 65.2 Å². The minimum absolute atomic E-state index is 0.0167. The molecule has 1 aromatic heterocycles. The van der Waals surface area contributed by atoms with Gasteiger partial charge in [-0.05, 0) is 146 Å². The smallest absolute Gasteiger partial charge is 0.246 e. The number of hydrogen-bond donors (Lipinski definition) is 17. The third-order valence-electron chi connectivity index (χ3n) is 18.9. The maximum absolute atomic E-state index is 15.1. The topological polar surface area (TPSA) is 492 Å². The maximum Gasteiger partial charge on any atom is 0.246 e. The number of phenolic OH excluding ortho intramolecular Hbond substituents is 1. The number of ketones is 2. The first-order valence-corrected chi connectivity index (χ1v) is 37.3. The molecule has 2 heterocycles. The minimum atomic E-state index is -1.86. The summed E-state index contributed by atoms with van der Waals surface area (Å²) in [7, 11) is 0. The van der Waals surface area contributed by atoms with Crippen molar-refractivity contribution in [2.45, 2.75) is 256 Å². The van der Waals surface area contributed by atoms with Crippen molar-refractivity contribution in [3.05, 3.63) is 114 Å². The van der Waals surface area contributed by atoms with E-state index >= 15 is 14.4 Å². The lowest BCUT2D eigenvalue weighted by Crippen LogP contribution is -2.65. The van der Waals surface area contributed by atoms with Crippen molar-refractivity contribution >= 4 is 93.4 Å². The molecule has 0 spiro atoms. The number of hydrazine groups is 1. The third kappa shape index (κ3) is 28.9. The van der Waals surface area contributed by atoms with E-state index in [4.69, 9.17) is 11.5 Å². The Morgan fingerprint density at radius 3 is 1.80 bits per heavy atom. The van der Waals surface area contributed by atoms with Crippen LogP contribution in [0.4, 0.5) is 0 Å². The number of rotatable bonds is 24. The third-order valence-corrected chi connectivity index (χ3v) is 18.9. The molecule has 0 saturated carbocycles. The Labute approximate surface area is 636 Å². The van der Waals surface area contributed by atoms with Crippen molar-refractivity contribution in [1.82, 2.24) is 69.0 Å². The van der Waals surface area contributed by atoms with E-state index < -0.39 is 173 Å². The van der Waals surface area contributed by atoms with E-state index in [1.165, 1.54) is 72.7 Å². The number of aliphatic hydroxyl groups excluding tert-OH is 1. The van der Waals surface area contributed by atoms with Crippen LogP contribution < -0.4 is 75.5 Å². The Morgan fingerprint density at radius 2 is 1.17 bits per heavy atom. The summed E-state index contributed by atoms with van der Waals surface area (Å²) >= 11 is 0. The zero-order valence-corrected chi connectivity index (χ0v) is 64.3. The molecule has 0 aliphatic carbocycles. The number of aromatic nitrogens is 1. The number of carbonyl (C=O) groups excluding carboxylic acids is 14. The monoisotopic (exact) mass is 1520 g/mol. The molecule has 0 saturated heterocycles. The van der Waals surface area contributed by atoms with Gasteiger partial charge in [-0.2, -0.15) is 0 Å². The summed E-state index contributed by atoms with van der Waals surface area (Å²) in [6.45, 7) is 16.7. The molecule has 13 atom stereocenters. The number of fused-ring (bicyclic) bond motifs is 1. The minimum Gasteiger partial charge on any atom is -0.508 e. The fourth-order valence-corrected chi connectivity index (χ4v) is 12.4. The summed E-state index contributed by atoms with van der Waals surface area (Å²) in [5.41, 5.74) is 15.7. The molecule has 31 heteroatoms. The van der Waals surface area contributed by atoms with Gasteiger partial charge in [-0.25, -0.2) is 10.9 Å². The number of aromatic amines is 1. The highest BCUT2D eigenvalue weighted by Gasteiger charge is 2.42. The number of benzene rings is 3. The van der Waals surface area contributed by atoms with Crippen molar-refractivity contribution < 1.29 is 77.3 Å². The van der Waals surface area contributed by atoms with Crippen molar-refractivity contribution in [1.29, 1.82) is 0 Å². The fraction of sp³-hybridized carbons (Fsp3) is 0.538. The maximum atomic E-state index is 15.1. The van der Waals surface area contributed by atoms with Crippen LogP contribution in [0, 0.1) is 11.8 Å². The van der Waals surface area contributed by atoms with Crippen LogP contribution in [-0.4, -0.2) is 175 Å². The molecule has 12 amide bonds. The van der Waals surface area contributed by atoms with Crippen molar-refractivity contribution in [3.8, 4) is 5.75 Å². The van der Waals surface area contributed by atoms with Gasteiger partial charge in [-0.1, -0.05) is 120 Å². The van der Waals surface area contributed by atoms with Gasteiger partial charge in [0.25, 0.3) is 0 Å². The Kier molecular flexibility index (Phi) is 35.2. The molecule has 5 rings (SSSR count). The van der Waals surface area contributed by atoms with Gasteiger partial charge < -0.3 is 79.8 Å². The number of para-hydroxylation sites is 1. The summed E-state index contributed by atoms with van der Waals surface area (Å²) < 4.78 is 0. The van der Waals surface area contributed by atoms with Crippen LogP contribution in [0.1, 0.15) is 176 Å². The van der Waals surface area contributed by atoms with Gasteiger partial charge in [-0.15, -0.1) is 0 Å². The molecule has 596 valence electrons. The van der Waals surface area contributed by atoms with E-state index in [0.29, 0.717) is 72.5 Å². The van der Waals surface area contributed by atoms with Gasteiger partial charge in [0, 0.05) is 49.7 Å². The van der Waals surface area contributed by atoms with Crippen LogP contribution in [0.5, 0.6) is 5.75 Å². The summed E-state index contributed by atoms with van der Waals surface area (Å²) in [6.07, 6.45) is 6.28. The quantitative estimate of drug-likeness (QED) is 0.0352. The van der Waals surface area contributed by atoms with Gasteiger partial charge >= 0.3 is 0 Å². The molecule has 31 nitrogen and oxygen atoms in total. The first kappa shape index (κ1) is 89.2. The molecule has 3 unspecified atom stereocenters. The van der Waals surface area contributed by atoms with Crippen LogP contribution in [-0.2, 0) is 86.4 Å². The number of phenols is 1. The molecule has 0 fully saturated rings. The Morgan fingerprint density at radius 1 is 0.587 bits per heavy atom. The zero-order chi connectivity index (χ0) is 80.9. The van der Waals surface area contributed by atoms with E-state index in [0.717, 1.165) is 0 Å². The summed E-state index contributed by atoms with van der Waals surface area (Å²) in [4.78, 5) is 200. The van der Waals surface area contributed by atoms with E-state index in [1.807, 2.05) is 26.0 Å². The normalized spacial score (nSPS) is 23.5. The van der Waals surface area contributed by atoms with E-state index in [2.05, 4.69) is 69.0 Å². The second kappa shape index (κ2) is 43.0. The average Bonchev–Trinajstić information content (AvgIpc) is 1.78. The lowest BCUT2D eigenvalue weighted by atomic mass is 9.91. The highest BCUT2D eigenvalue weighted by atomic mass is 16.3. The second-order valence-corrected chi connectivity index (χ2v) is 29.7. The first-order chi connectivity index (χ1) is 51.4. The summed E-state index contributed by atoms with van der Waals surface area (Å²) in [5, 5.41) is 48.5. The number of Topliss-reactive ketones (excluding diaryl/α,β-unsaturated/α-hetero) is 2. The Hall–Kier alpha value is -10.4. The molecule has 1 aliphatic heterocycles. The SMILES string of the molecule is CC(=O)N[C@@H](CC(C)C)C(=O)N[C@H](C(=O)N[C@@H](Cc1ccccc1)C(=O)N[C@]1(C)CCCCCC/C=C/CCC[C@@](C)(C(=O)NC(C)C(N)=O)NN[C@@H](CC(C)C)C(=O)C(=O)[C@H](CCC(N)=O)NC(=O)C(C)NC(=O)[C@H](Cc2c[nH]c3ccccc23)NC(=O)[C@H](Cc2ccc(O)cc2)NC(=O)C(C)NC1=O)[C@@H](C)O.